The van der Waals surface area contributed by atoms with Crippen LogP contribution in [0.3, 0.4) is 0 Å². The third kappa shape index (κ3) is 4.97. The molecule has 0 radical (unpaired) electrons. The average molecular weight is 331 g/mol. The molecule has 4 nitrogen and oxygen atoms in total. The number of carbonyl (C=O) groups excluding carboxylic acids is 2. The fourth-order valence-corrected chi connectivity index (χ4v) is 2.08. The van der Waals surface area contributed by atoms with Crippen LogP contribution < -0.4 is 0 Å². The number of hydrogen-bond donors (Lipinski definition) is 0. The van der Waals surface area contributed by atoms with Gasteiger partial charge in [-0.1, -0.05) is 41.9 Å². The topological polar surface area (TPSA) is 52.6 Å². The van der Waals surface area contributed by atoms with E-state index in [1.807, 2.05) is 12.1 Å². The summed E-state index contributed by atoms with van der Waals surface area (Å²) in [5, 5.41) is 0.558. The number of benzene rings is 2. The van der Waals surface area contributed by atoms with Gasteiger partial charge in [0.2, 0.25) is 0 Å². The quantitative estimate of drug-likeness (QED) is 0.616. The third-order valence-corrected chi connectivity index (χ3v) is 3.38. The van der Waals surface area contributed by atoms with E-state index in [9.17, 15) is 9.59 Å². The predicted octanol–water partition coefficient (Wildman–Crippen LogP) is 3.88. The Morgan fingerprint density at radius 1 is 1.13 bits per heavy atom. The summed E-state index contributed by atoms with van der Waals surface area (Å²) in [6.07, 6.45) is 2.90. The normalized spacial score (nSPS) is 10.5. The molecular weight excluding hydrogens is 316 g/mol. The van der Waals surface area contributed by atoms with E-state index < -0.39 is 11.9 Å². The maximum Gasteiger partial charge on any atom is 0.337 e. The molecule has 0 unspecified atom stereocenters. The van der Waals surface area contributed by atoms with E-state index >= 15 is 0 Å². The molecule has 0 aromatic heterocycles. The largest absolute Gasteiger partial charge is 0.465 e. The molecule has 2 aromatic carbocycles. The number of rotatable bonds is 5. The first-order valence-electron chi connectivity index (χ1n) is 6.87. The minimum absolute atomic E-state index is 0.0660. The van der Waals surface area contributed by atoms with Crippen LogP contribution >= 0.6 is 11.6 Å². The molecule has 0 saturated heterocycles. The molecule has 0 amide bonds. The van der Waals surface area contributed by atoms with Crippen LogP contribution in [0.15, 0.2) is 54.6 Å². The lowest BCUT2D eigenvalue weighted by Gasteiger charge is -2.04. The first-order chi connectivity index (χ1) is 11.1. The number of esters is 2. The van der Waals surface area contributed by atoms with Crippen molar-refractivity contribution < 1.29 is 19.1 Å². The van der Waals surface area contributed by atoms with Crippen molar-refractivity contribution >= 4 is 29.6 Å². The summed E-state index contributed by atoms with van der Waals surface area (Å²) in [6, 6.07) is 13.9. The molecule has 0 bridgehead atoms. The Hall–Kier alpha value is -2.59. The van der Waals surface area contributed by atoms with E-state index in [0.29, 0.717) is 16.1 Å². The van der Waals surface area contributed by atoms with Gasteiger partial charge in [0, 0.05) is 11.1 Å². The summed E-state index contributed by atoms with van der Waals surface area (Å²) < 4.78 is 9.78. The Bertz CT molecular complexity index is 737. The molecule has 118 valence electrons. The summed E-state index contributed by atoms with van der Waals surface area (Å²) in [5.74, 6) is -0.926. The summed E-state index contributed by atoms with van der Waals surface area (Å²) in [5.41, 5.74) is 1.85. The van der Waals surface area contributed by atoms with Gasteiger partial charge in [0.25, 0.3) is 0 Å². The van der Waals surface area contributed by atoms with Crippen LogP contribution in [-0.2, 0) is 20.9 Å². The van der Waals surface area contributed by atoms with Gasteiger partial charge in [0.05, 0.1) is 12.7 Å². The van der Waals surface area contributed by atoms with Gasteiger partial charge >= 0.3 is 11.9 Å². The second kappa shape index (κ2) is 8.15. The van der Waals surface area contributed by atoms with E-state index in [1.54, 1.807) is 42.5 Å². The van der Waals surface area contributed by atoms with Crippen molar-refractivity contribution in [2.45, 2.75) is 6.61 Å². The van der Waals surface area contributed by atoms with Gasteiger partial charge < -0.3 is 9.47 Å². The highest BCUT2D eigenvalue weighted by Crippen LogP contribution is 2.16. The summed E-state index contributed by atoms with van der Waals surface area (Å²) in [4.78, 5) is 23.2. The number of ether oxygens (including phenoxy) is 2. The Kier molecular flexibility index (Phi) is 5.94. The van der Waals surface area contributed by atoms with E-state index in [-0.39, 0.29) is 6.61 Å². The van der Waals surface area contributed by atoms with Crippen molar-refractivity contribution in [1.29, 1.82) is 0 Å². The Morgan fingerprint density at radius 2 is 1.91 bits per heavy atom. The van der Waals surface area contributed by atoms with E-state index in [2.05, 4.69) is 4.74 Å². The summed E-state index contributed by atoms with van der Waals surface area (Å²) in [6.45, 7) is 0.0660. The van der Waals surface area contributed by atoms with Crippen molar-refractivity contribution in [2.75, 3.05) is 7.11 Å². The Balaban J connectivity index is 1.94. The summed E-state index contributed by atoms with van der Waals surface area (Å²) >= 11 is 5.99. The molecule has 2 aromatic rings. The van der Waals surface area contributed by atoms with Gasteiger partial charge in [0.15, 0.2) is 0 Å². The van der Waals surface area contributed by atoms with Crippen LogP contribution in [0.2, 0.25) is 5.02 Å². The molecule has 0 saturated carbocycles. The monoisotopic (exact) mass is 330 g/mol. The van der Waals surface area contributed by atoms with Crippen molar-refractivity contribution in [1.82, 2.24) is 0 Å². The number of carbonyl (C=O) groups is 2. The van der Waals surface area contributed by atoms with Gasteiger partial charge in [-0.05, 0) is 35.4 Å². The highest BCUT2D eigenvalue weighted by molar-refractivity contribution is 6.32. The zero-order chi connectivity index (χ0) is 16.7. The van der Waals surface area contributed by atoms with Crippen molar-refractivity contribution in [2.24, 2.45) is 0 Å². The zero-order valence-corrected chi connectivity index (χ0v) is 13.2. The number of halogens is 1. The predicted molar refractivity (Wildman–Crippen MR) is 88.1 cm³/mol. The molecule has 0 N–H and O–H groups in total. The van der Waals surface area contributed by atoms with E-state index in [4.69, 9.17) is 16.3 Å². The minimum atomic E-state index is -0.492. The zero-order valence-electron chi connectivity index (χ0n) is 12.5. The first-order valence-corrected chi connectivity index (χ1v) is 7.24. The Labute approximate surface area is 139 Å². The maximum absolute atomic E-state index is 11.7. The molecular formula is C18H15ClO4. The van der Waals surface area contributed by atoms with Gasteiger partial charge in [0.1, 0.15) is 6.61 Å². The fraction of sp³-hybridized carbons (Fsp3) is 0.111. The van der Waals surface area contributed by atoms with Crippen LogP contribution in [-0.4, -0.2) is 19.0 Å². The number of hydrogen-bond acceptors (Lipinski definition) is 4. The van der Waals surface area contributed by atoms with Crippen molar-refractivity contribution in [3.8, 4) is 0 Å². The maximum atomic E-state index is 11.7. The van der Waals surface area contributed by atoms with Gasteiger partial charge in [-0.25, -0.2) is 9.59 Å². The van der Waals surface area contributed by atoms with Crippen LogP contribution in [0.4, 0.5) is 0 Å². The minimum Gasteiger partial charge on any atom is -0.465 e. The van der Waals surface area contributed by atoms with E-state index in [0.717, 1.165) is 5.56 Å². The van der Waals surface area contributed by atoms with Crippen LogP contribution in [0, 0.1) is 0 Å². The molecule has 0 atom stereocenters. The van der Waals surface area contributed by atoms with Crippen LogP contribution in [0.5, 0.6) is 0 Å². The molecule has 2 rings (SSSR count). The van der Waals surface area contributed by atoms with Crippen LogP contribution in [0.25, 0.3) is 6.08 Å². The van der Waals surface area contributed by atoms with Crippen molar-refractivity contribution in [3.05, 3.63) is 76.3 Å². The fourth-order valence-electron chi connectivity index (χ4n) is 1.88. The molecule has 0 spiro atoms. The lowest BCUT2D eigenvalue weighted by molar-refractivity contribution is -0.138. The molecule has 23 heavy (non-hydrogen) atoms. The molecule has 0 aliphatic rings. The second-order valence-electron chi connectivity index (χ2n) is 4.65. The highest BCUT2D eigenvalue weighted by Gasteiger charge is 2.06. The van der Waals surface area contributed by atoms with Crippen molar-refractivity contribution in [3.63, 3.8) is 0 Å². The molecule has 0 heterocycles. The average Bonchev–Trinajstić information content (AvgIpc) is 2.58. The second-order valence-corrected chi connectivity index (χ2v) is 5.06. The number of methoxy groups -OCH3 is 1. The molecule has 0 aliphatic carbocycles. The molecule has 5 heteroatoms. The lowest BCUT2D eigenvalue weighted by atomic mass is 10.1. The smallest absolute Gasteiger partial charge is 0.337 e. The van der Waals surface area contributed by atoms with Gasteiger partial charge in [-0.3, -0.25) is 0 Å². The SMILES string of the molecule is COC(=O)c1cccc(COC(=O)/C=C/c2ccccc2Cl)c1. The molecule has 0 aliphatic heterocycles. The standard InChI is InChI=1S/C18H15ClO4/c1-22-18(21)15-7-4-5-13(11-15)12-23-17(20)10-9-14-6-2-3-8-16(14)19/h2-11H,12H2,1H3/b10-9+. The van der Waals surface area contributed by atoms with E-state index in [1.165, 1.54) is 13.2 Å². The Morgan fingerprint density at radius 3 is 2.65 bits per heavy atom. The summed E-state index contributed by atoms with van der Waals surface area (Å²) in [7, 11) is 1.31. The van der Waals surface area contributed by atoms with Crippen LogP contribution in [0.1, 0.15) is 21.5 Å². The third-order valence-electron chi connectivity index (χ3n) is 3.03. The van der Waals surface area contributed by atoms with Gasteiger partial charge in [-0.15, -0.1) is 0 Å². The lowest BCUT2D eigenvalue weighted by Crippen LogP contribution is -2.04. The highest BCUT2D eigenvalue weighted by atomic mass is 35.5. The van der Waals surface area contributed by atoms with Gasteiger partial charge in [-0.2, -0.15) is 0 Å². The molecule has 0 fully saturated rings. The first kappa shape index (κ1) is 16.8.